The van der Waals surface area contributed by atoms with Crippen molar-refractivity contribution in [3.05, 3.63) is 102 Å². The number of nitrogens with zero attached hydrogens (tertiary/aromatic N) is 2. The largest absolute Gasteiger partial charge is 0.248 e. The van der Waals surface area contributed by atoms with Crippen molar-refractivity contribution in [1.82, 2.24) is 9.97 Å². The van der Waals surface area contributed by atoms with E-state index >= 15 is 0 Å². The third kappa shape index (κ3) is 3.74. The molecule has 3 aromatic carbocycles. The molecular formula is C26H20N2S. The molecule has 2 heterocycles. The standard InChI is InChI=1S/C26H20N2S/c1-18-12-13-23-21(14-18)15-22-25(27-23)16-24(20-10-6-3-7-11-20)28-26(22)29-17-19-8-4-2-5-9-19/h2-16H,17H2,1H3. The number of hydrogen-bond donors (Lipinski definition) is 0. The van der Waals surface area contributed by atoms with Gasteiger partial charge in [-0.3, -0.25) is 0 Å². The van der Waals surface area contributed by atoms with Gasteiger partial charge in [0.2, 0.25) is 0 Å². The fourth-order valence-corrected chi connectivity index (χ4v) is 4.49. The van der Waals surface area contributed by atoms with E-state index in [0.717, 1.165) is 43.8 Å². The Hall–Kier alpha value is -3.17. The molecule has 2 aromatic heterocycles. The summed E-state index contributed by atoms with van der Waals surface area (Å²) in [6, 6.07) is 31.6. The first-order valence-corrected chi connectivity index (χ1v) is 10.7. The van der Waals surface area contributed by atoms with Crippen LogP contribution in [0.15, 0.2) is 96.0 Å². The first-order chi connectivity index (χ1) is 14.3. The number of aryl methyl sites for hydroxylation is 1. The molecule has 0 saturated carbocycles. The van der Waals surface area contributed by atoms with Crippen LogP contribution in [-0.4, -0.2) is 9.97 Å². The maximum atomic E-state index is 5.04. The van der Waals surface area contributed by atoms with Gasteiger partial charge in [0.15, 0.2) is 0 Å². The van der Waals surface area contributed by atoms with E-state index in [0.29, 0.717) is 0 Å². The highest BCUT2D eigenvalue weighted by atomic mass is 32.2. The average molecular weight is 393 g/mol. The molecule has 0 aliphatic rings. The van der Waals surface area contributed by atoms with Gasteiger partial charge in [0.05, 0.1) is 16.7 Å². The van der Waals surface area contributed by atoms with Crippen LogP contribution in [0.5, 0.6) is 0 Å². The number of pyridine rings is 2. The Morgan fingerprint density at radius 3 is 2.28 bits per heavy atom. The van der Waals surface area contributed by atoms with Crippen LogP contribution in [0, 0.1) is 6.92 Å². The quantitative estimate of drug-likeness (QED) is 0.242. The molecule has 0 aliphatic carbocycles. The van der Waals surface area contributed by atoms with Crippen molar-refractivity contribution in [2.75, 3.05) is 0 Å². The van der Waals surface area contributed by atoms with E-state index in [1.807, 2.05) is 6.07 Å². The van der Waals surface area contributed by atoms with Gasteiger partial charge in [0, 0.05) is 22.1 Å². The summed E-state index contributed by atoms with van der Waals surface area (Å²) in [6.07, 6.45) is 0. The zero-order chi connectivity index (χ0) is 19.6. The lowest BCUT2D eigenvalue weighted by atomic mass is 10.1. The highest BCUT2D eigenvalue weighted by Crippen LogP contribution is 2.33. The highest BCUT2D eigenvalue weighted by molar-refractivity contribution is 7.98. The van der Waals surface area contributed by atoms with Gasteiger partial charge in [0.1, 0.15) is 5.03 Å². The lowest BCUT2D eigenvalue weighted by Gasteiger charge is -2.11. The molecular weight excluding hydrogens is 372 g/mol. The van der Waals surface area contributed by atoms with Gasteiger partial charge in [-0.25, -0.2) is 9.97 Å². The van der Waals surface area contributed by atoms with Crippen LogP contribution in [0.25, 0.3) is 33.1 Å². The van der Waals surface area contributed by atoms with Crippen LogP contribution in [0.3, 0.4) is 0 Å². The van der Waals surface area contributed by atoms with Crippen molar-refractivity contribution in [2.45, 2.75) is 17.7 Å². The molecule has 0 unspecified atom stereocenters. The normalized spacial score (nSPS) is 11.2. The molecule has 0 aliphatic heterocycles. The van der Waals surface area contributed by atoms with Gasteiger partial charge < -0.3 is 0 Å². The summed E-state index contributed by atoms with van der Waals surface area (Å²) in [5.41, 5.74) is 6.63. The molecule has 5 rings (SSSR count). The van der Waals surface area contributed by atoms with E-state index in [-0.39, 0.29) is 0 Å². The van der Waals surface area contributed by atoms with E-state index in [9.17, 15) is 0 Å². The van der Waals surface area contributed by atoms with E-state index in [4.69, 9.17) is 9.97 Å². The molecule has 2 nitrogen and oxygen atoms in total. The topological polar surface area (TPSA) is 25.8 Å². The Balaban J connectivity index is 1.67. The molecule has 0 fully saturated rings. The number of thioether (sulfide) groups is 1. The molecule has 0 saturated heterocycles. The molecule has 0 atom stereocenters. The molecule has 0 N–H and O–H groups in total. The molecule has 0 amide bonds. The summed E-state index contributed by atoms with van der Waals surface area (Å²) in [7, 11) is 0. The van der Waals surface area contributed by atoms with E-state index in [1.165, 1.54) is 11.1 Å². The van der Waals surface area contributed by atoms with Gasteiger partial charge >= 0.3 is 0 Å². The third-order valence-corrected chi connectivity index (χ3v) is 6.08. The Morgan fingerprint density at radius 2 is 1.48 bits per heavy atom. The van der Waals surface area contributed by atoms with Gasteiger partial charge in [0.25, 0.3) is 0 Å². The first-order valence-electron chi connectivity index (χ1n) is 9.70. The van der Waals surface area contributed by atoms with Crippen molar-refractivity contribution in [2.24, 2.45) is 0 Å². The smallest absolute Gasteiger partial charge is 0.106 e. The van der Waals surface area contributed by atoms with Gasteiger partial charge in [-0.15, -0.1) is 11.8 Å². The fourth-order valence-electron chi connectivity index (χ4n) is 3.52. The van der Waals surface area contributed by atoms with Crippen LogP contribution >= 0.6 is 11.8 Å². The molecule has 0 bridgehead atoms. The minimum Gasteiger partial charge on any atom is -0.248 e. The number of benzene rings is 3. The Bertz CT molecular complexity index is 1300. The minimum atomic E-state index is 0.882. The Morgan fingerprint density at radius 1 is 0.724 bits per heavy atom. The summed E-state index contributed by atoms with van der Waals surface area (Å²) in [5.74, 6) is 0.882. The van der Waals surface area contributed by atoms with Crippen molar-refractivity contribution in [3.8, 4) is 11.3 Å². The lowest BCUT2D eigenvalue weighted by molar-refractivity contribution is 1.17. The van der Waals surface area contributed by atoms with Gasteiger partial charge in [-0.1, -0.05) is 72.3 Å². The van der Waals surface area contributed by atoms with E-state index in [1.54, 1.807) is 11.8 Å². The number of aromatic nitrogens is 2. The third-order valence-electron chi connectivity index (χ3n) is 5.01. The molecule has 0 spiro atoms. The van der Waals surface area contributed by atoms with Crippen LogP contribution in [0.2, 0.25) is 0 Å². The number of hydrogen-bond acceptors (Lipinski definition) is 3. The summed E-state index contributed by atoms with van der Waals surface area (Å²) >= 11 is 1.77. The Kier molecular flexibility index (Phi) is 4.74. The number of fused-ring (bicyclic) bond motifs is 2. The summed E-state index contributed by atoms with van der Waals surface area (Å²) in [4.78, 5) is 10.0. The van der Waals surface area contributed by atoms with Crippen LogP contribution in [-0.2, 0) is 5.75 Å². The first kappa shape index (κ1) is 17.9. The Labute approximate surface area is 174 Å². The minimum absolute atomic E-state index is 0.882. The van der Waals surface area contributed by atoms with Crippen molar-refractivity contribution >= 4 is 33.6 Å². The second-order valence-electron chi connectivity index (χ2n) is 7.20. The summed E-state index contributed by atoms with van der Waals surface area (Å²) in [6.45, 7) is 2.12. The molecule has 0 radical (unpaired) electrons. The zero-order valence-electron chi connectivity index (χ0n) is 16.2. The molecule has 29 heavy (non-hydrogen) atoms. The predicted octanol–water partition coefficient (Wildman–Crippen LogP) is 7.05. The molecule has 140 valence electrons. The second kappa shape index (κ2) is 7.69. The maximum absolute atomic E-state index is 5.04. The van der Waals surface area contributed by atoms with Crippen LogP contribution in [0.4, 0.5) is 0 Å². The lowest BCUT2D eigenvalue weighted by Crippen LogP contribution is -1.93. The van der Waals surface area contributed by atoms with Crippen molar-refractivity contribution < 1.29 is 0 Å². The monoisotopic (exact) mass is 392 g/mol. The fraction of sp³-hybridized carbons (Fsp3) is 0.0769. The van der Waals surface area contributed by atoms with Gasteiger partial charge in [-0.2, -0.15) is 0 Å². The second-order valence-corrected chi connectivity index (χ2v) is 8.17. The molecule has 3 heteroatoms. The zero-order valence-corrected chi connectivity index (χ0v) is 17.0. The average Bonchev–Trinajstić information content (AvgIpc) is 2.77. The van der Waals surface area contributed by atoms with Crippen LogP contribution < -0.4 is 0 Å². The predicted molar refractivity (Wildman–Crippen MR) is 123 cm³/mol. The van der Waals surface area contributed by atoms with E-state index in [2.05, 4.69) is 91.9 Å². The van der Waals surface area contributed by atoms with Crippen molar-refractivity contribution in [3.63, 3.8) is 0 Å². The van der Waals surface area contributed by atoms with Crippen molar-refractivity contribution in [1.29, 1.82) is 0 Å². The van der Waals surface area contributed by atoms with Crippen LogP contribution in [0.1, 0.15) is 11.1 Å². The summed E-state index contributed by atoms with van der Waals surface area (Å²) in [5, 5.41) is 3.30. The summed E-state index contributed by atoms with van der Waals surface area (Å²) < 4.78 is 0. The maximum Gasteiger partial charge on any atom is 0.106 e. The van der Waals surface area contributed by atoms with E-state index < -0.39 is 0 Å². The molecule has 5 aromatic rings. The highest BCUT2D eigenvalue weighted by Gasteiger charge is 2.11. The SMILES string of the molecule is Cc1ccc2nc3cc(-c4ccccc4)nc(SCc4ccccc4)c3cc2c1. The number of rotatable bonds is 4. The van der Waals surface area contributed by atoms with Gasteiger partial charge in [-0.05, 0) is 36.8 Å².